The third kappa shape index (κ3) is 8.83. The van der Waals surface area contributed by atoms with Crippen molar-refractivity contribution >= 4 is 44.4 Å². The zero-order valence-corrected chi connectivity index (χ0v) is 33.6. The predicted molar refractivity (Wildman–Crippen MR) is 206 cm³/mol. The molecule has 2 amide bonds. The van der Waals surface area contributed by atoms with Crippen molar-refractivity contribution in [1.29, 1.82) is 0 Å². The minimum Gasteiger partial charge on any atom is -0.476 e. The van der Waals surface area contributed by atoms with Crippen molar-refractivity contribution in [3.05, 3.63) is 36.4 Å². The molecule has 2 aromatic rings. The van der Waals surface area contributed by atoms with Crippen LogP contribution in [0.4, 0.5) is 13.2 Å². The Labute approximate surface area is 345 Å². The van der Waals surface area contributed by atoms with Crippen LogP contribution in [0.2, 0.25) is 0 Å². The second-order valence-electron chi connectivity index (χ2n) is 16.6. The minimum atomic E-state index is -6.11. The summed E-state index contributed by atoms with van der Waals surface area (Å²) in [4.78, 5) is 58.5. The van der Waals surface area contributed by atoms with Gasteiger partial charge in [0.25, 0.3) is 0 Å². The first-order valence-corrected chi connectivity index (χ1v) is 21.0. The van der Waals surface area contributed by atoms with Crippen LogP contribution >= 0.6 is 0 Å². The largest absolute Gasteiger partial charge is 0.476 e. The number of hydrogen-bond donors (Lipinski definition) is 1. The van der Waals surface area contributed by atoms with Gasteiger partial charge in [-0.15, -0.1) is 10.2 Å². The van der Waals surface area contributed by atoms with Crippen molar-refractivity contribution in [2.75, 3.05) is 13.2 Å². The molecule has 1 saturated heterocycles. The van der Waals surface area contributed by atoms with Crippen LogP contribution in [-0.4, -0.2) is 88.9 Å². The summed E-state index contributed by atoms with van der Waals surface area (Å²) in [5.41, 5.74) is -6.45. The summed E-state index contributed by atoms with van der Waals surface area (Å²) >= 11 is 0. The average Bonchev–Trinajstić information content (AvgIpc) is 4.06. The SMILES string of the molecule is [2H]C([2H])([2H])C(OC(=O)C[C@@H]1C(=O)N2C[C@H](Oc3nnc(OCC)c4ccccc34)C[C@H]2C(=O)C[C@]2(C(=O)NS(=O)(=O)C3(C)CC3)C[C@H]2/C=C\CC[C@H](C)C[C@H]1C)(C([2H])([2H])[2H])C(F)(F)F. The number of hydrogen-bond acceptors (Lipinski definition) is 11. The van der Waals surface area contributed by atoms with E-state index in [4.69, 9.17) is 17.7 Å². The maximum absolute atomic E-state index is 15.0. The first-order valence-electron chi connectivity index (χ1n) is 22.5. The number of ketones is 1. The number of ether oxygens (including phenoxy) is 3. The molecule has 3 fully saturated rings. The third-order valence-corrected chi connectivity index (χ3v) is 14.2. The van der Waals surface area contributed by atoms with Crippen LogP contribution in [0.5, 0.6) is 11.8 Å². The Kier molecular flexibility index (Phi) is 9.87. The highest BCUT2D eigenvalue weighted by molar-refractivity contribution is 7.91. The van der Waals surface area contributed by atoms with Gasteiger partial charge in [0.15, 0.2) is 5.78 Å². The molecule has 1 aromatic carbocycles. The number of alkyl halides is 3. The van der Waals surface area contributed by atoms with Crippen LogP contribution in [-0.2, 0) is 33.9 Å². The molecule has 6 rings (SSSR count). The lowest BCUT2D eigenvalue weighted by Gasteiger charge is -2.33. The standard InChI is InChI=1S/C41H53F3N4O9S/c1-7-55-34-28-14-10-11-15-29(28)35(46-45-34)56-27-19-31-32(49)22-40(37(52)47-58(53,54)39(6)16-17-39)21-26(40)13-9-8-12-24(2)18-25(3)30(36(51)48(31)23-27)20-33(50)57-38(4,5)41(42,43)44/h9-11,13-15,24-27,30-31H,7-8,12,16-23H2,1-6H3,(H,47,52)/b13-9-/t24-,25+,26+,27+,30-,31-,40+/m0/s1/i4D3,5D3. The van der Waals surface area contributed by atoms with Gasteiger partial charge < -0.3 is 19.1 Å². The number of esters is 1. The Morgan fingerprint density at radius 3 is 2.38 bits per heavy atom. The predicted octanol–water partition coefficient (Wildman–Crippen LogP) is 6.24. The summed E-state index contributed by atoms with van der Waals surface area (Å²) in [5.74, 6) is -7.29. The van der Waals surface area contributed by atoms with E-state index < -0.39 is 112 Å². The molecule has 1 N–H and O–H groups in total. The number of nitrogens with zero attached hydrogens (tertiary/aromatic N) is 3. The van der Waals surface area contributed by atoms with Crippen molar-refractivity contribution in [3.63, 3.8) is 0 Å². The number of halogens is 3. The number of sulfonamides is 1. The highest BCUT2D eigenvalue weighted by Gasteiger charge is 2.63. The molecule has 0 bridgehead atoms. The van der Waals surface area contributed by atoms with Crippen LogP contribution in [0.3, 0.4) is 0 Å². The van der Waals surface area contributed by atoms with E-state index in [1.54, 1.807) is 44.2 Å². The molecule has 1 aromatic heterocycles. The first kappa shape index (κ1) is 35.6. The molecule has 7 atom stereocenters. The fourth-order valence-electron chi connectivity index (χ4n) is 8.08. The van der Waals surface area contributed by atoms with Crippen molar-refractivity contribution in [2.45, 2.75) is 128 Å². The summed E-state index contributed by atoms with van der Waals surface area (Å²) in [5, 5.41) is 9.35. The highest BCUT2D eigenvalue weighted by Crippen LogP contribution is 2.58. The lowest BCUT2D eigenvalue weighted by molar-refractivity contribution is -0.257. The van der Waals surface area contributed by atoms with Gasteiger partial charge in [0.05, 0.1) is 52.5 Å². The first-order chi connectivity index (χ1) is 29.6. The van der Waals surface area contributed by atoms with Gasteiger partial charge in [-0.25, -0.2) is 8.42 Å². The molecule has 3 heterocycles. The average molecular weight is 841 g/mol. The van der Waals surface area contributed by atoms with E-state index in [1.165, 1.54) is 6.92 Å². The summed E-state index contributed by atoms with van der Waals surface area (Å²) in [6.45, 7) is -2.25. The van der Waals surface area contributed by atoms with Crippen LogP contribution in [0, 0.1) is 29.1 Å². The Bertz CT molecular complexity index is 2260. The normalized spacial score (nSPS) is 31.6. The number of allylic oxidation sites excluding steroid dienone is 2. The Hall–Kier alpha value is -4.28. The van der Waals surface area contributed by atoms with E-state index >= 15 is 4.79 Å². The Morgan fingerprint density at radius 2 is 1.74 bits per heavy atom. The number of Topliss-reactive ketones (excluding diaryl/α,β-unsaturated/α-hetero) is 1. The monoisotopic (exact) mass is 840 g/mol. The van der Waals surface area contributed by atoms with Gasteiger partial charge in [0.1, 0.15) is 6.10 Å². The van der Waals surface area contributed by atoms with Crippen LogP contribution < -0.4 is 14.2 Å². The zero-order chi connectivity index (χ0) is 47.4. The summed E-state index contributed by atoms with van der Waals surface area (Å²) in [6.07, 6.45) is -3.49. The van der Waals surface area contributed by atoms with Crippen molar-refractivity contribution in [3.8, 4) is 11.8 Å². The van der Waals surface area contributed by atoms with E-state index in [9.17, 15) is 36.0 Å². The fraction of sp³-hybridized carbons (Fsp3) is 0.659. The Balaban J connectivity index is 1.39. The summed E-state index contributed by atoms with van der Waals surface area (Å²) in [7, 11) is -4.12. The van der Waals surface area contributed by atoms with Gasteiger partial charge >= 0.3 is 12.1 Å². The molecule has 4 aliphatic rings. The number of fused-ring (bicyclic) bond motifs is 3. The molecule has 2 saturated carbocycles. The lowest BCUT2D eigenvalue weighted by atomic mass is 9.82. The zero-order valence-electron chi connectivity index (χ0n) is 38.8. The second kappa shape index (κ2) is 16.1. The number of aromatic nitrogens is 2. The summed E-state index contributed by atoms with van der Waals surface area (Å²) < 4.78 is 134. The number of nitrogens with one attached hydrogen (secondary N) is 1. The minimum absolute atomic E-state index is 0.00820. The maximum Gasteiger partial charge on any atom is 0.427 e. The molecule has 13 nitrogen and oxygen atoms in total. The van der Waals surface area contributed by atoms with E-state index in [-0.39, 0.29) is 50.1 Å². The smallest absolute Gasteiger partial charge is 0.427 e. The molecule has 318 valence electrons. The molecule has 58 heavy (non-hydrogen) atoms. The number of carbonyl (C=O) groups is 4. The van der Waals surface area contributed by atoms with Gasteiger partial charge in [0.2, 0.25) is 39.2 Å². The number of benzene rings is 1. The molecule has 17 heteroatoms. The molecule has 2 aliphatic carbocycles. The van der Waals surface area contributed by atoms with Gasteiger partial charge in [-0.05, 0) is 96.0 Å². The van der Waals surface area contributed by atoms with Gasteiger partial charge in [-0.3, -0.25) is 23.9 Å². The lowest BCUT2D eigenvalue weighted by Crippen LogP contribution is -2.48. The molecular weight excluding hydrogens is 782 g/mol. The number of carbonyl (C=O) groups excluding carboxylic acids is 4. The van der Waals surface area contributed by atoms with Gasteiger partial charge in [-0.1, -0.05) is 38.1 Å². The summed E-state index contributed by atoms with van der Waals surface area (Å²) in [6, 6.07) is 5.48. The van der Waals surface area contributed by atoms with Crippen molar-refractivity contribution in [2.24, 2.45) is 29.1 Å². The van der Waals surface area contributed by atoms with Gasteiger partial charge in [-0.2, -0.15) is 13.2 Å². The number of amides is 2. The molecule has 0 unspecified atom stereocenters. The van der Waals surface area contributed by atoms with E-state index in [1.807, 2.05) is 13.0 Å². The van der Waals surface area contributed by atoms with Crippen LogP contribution in [0.1, 0.15) is 107 Å². The van der Waals surface area contributed by atoms with E-state index in [0.29, 0.717) is 36.5 Å². The topological polar surface area (TPSA) is 171 Å². The maximum atomic E-state index is 15.0. The Morgan fingerprint density at radius 1 is 1.07 bits per heavy atom. The number of rotatable bonds is 10. The highest BCUT2D eigenvalue weighted by atomic mass is 32.2. The quantitative estimate of drug-likeness (QED) is 0.212. The van der Waals surface area contributed by atoms with E-state index in [0.717, 1.165) is 4.90 Å². The van der Waals surface area contributed by atoms with Crippen molar-refractivity contribution < 1.29 is 63.2 Å². The van der Waals surface area contributed by atoms with Crippen molar-refractivity contribution in [1.82, 2.24) is 19.8 Å². The fourth-order valence-corrected chi connectivity index (χ4v) is 9.41. The molecule has 0 radical (unpaired) electrons. The molecule has 0 spiro atoms. The molecular formula is C41H53F3N4O9S. The van der Waals surface area contributed by atoms with Crippen LogP contribution in [0.25, 0.3) is 10.8 Å². The van der Waals surface area contributed by atoms with Crippen LogP contribution in [0.15, 0.2) is 36.4 Å². The van der Waals surface area contributed by atoms with Gasteiger partial charge in [0, 0.05) is 21.1 Å². The third-order valence-electron chi connectivity index (χ3n) is 12.0. The second-order valence-corrected chi connectivity index (χ2v) is 18.7. The molecule has 2 aliphatic heterocycles. The van der Waals surface area contributed by atoms with E-state index in [2.05, 4.69) is 19.7 Å².